The highest BCUT2D eigenvalue weighted by Crippen LogP contribution is 2.05. The van der Waals surface area contributed by atoms with Crippen LogP contribution in [0.5, 0.6) is 0 Å². The van der Waals surface area contributed by atoms with Crippen molar-refractivity contribution >= 4 is 23.1 Å². The molecular weight excluding hydrogens is 244 g/mol. The molecule has 3 nitrogen and oxygen atoms in total. The Labute approximate surface area is 114 Å². The summed E-state index contributed by atoms with van der Waals surface area (Å²) in [5.74, 6) is 0.119. The smallest absolute Gasteiger partial charge is 0.223 e. The third-order valence-corrected chi connectivity index (χ3v) is 2.79. The van der Waals surface area contributed by atoms with Gasteiger partial charge in [-0.05, 0) is 18.4 Å². The minimum absolute atomic E-state index is 0.119. The maximum atomic E-state index is 12.1. The van der Waals surface area contributed by atoms with Gasteiger partial charge in [0.25, 0.3) is 0 Å². The van der Waals surface area contributed by atoms with Gasteiger partial charge in [-0.3, -0.25) is 4.79 Å². The molecule has 0 aromatic heterocycles. The van der Waals surface area contributed by atoms with Crippen molar-refractivity contribution in [1.29, 1.82) is 0 Å². The highest BCUT2D eigenvalue weighted by Gasteiger charge is 2.13. The van der Waals surface area contributed by atoms with E-state index in [9.17, 15) is 4.79 Å². The minimum Gasteiger partial charge on any atom is -0.392 e. The molecule has 0 aliphatic carbocycles. The topological polar surface area (TPSA) is 46.3 Å². The molecule has 1 rings (SSSR count). The molecule has 4 heteroatoms. The summed E-state index contributed by atoms with van der Waals surface area (Å²) >= 11 is 4.87. The minimum atomic E-state index is 0.119. The number of benzene rings is 1. The van der Waals surface area contributed by atoms with Crippen LogP contribution in [0.1, 0.15) is 25.3 Å². The van der Waals surface area contributed by atoms with Gasteiger partial charge in [-0.25, -0.2) is 0 Å². The molecule has 0 fully saturated rings. The first kappa shape index (κ1) is 14.6. The molecule has 0 aliphatic heterocycles. The number of amides is 1. The molecule has 1 aromatic rings. The number of hydrogen-bond acceptors (Lipinski definition) is 2. The van der Waals surface area contributed by atoms with E-state index in [4.69, 9.17) is 18.0 Å². The Kier molecular flexibility index (Phi) is 6.36. The number of hydrogen-bond donors (Lipinski definition) is 1. The highest BCUT2D eigenvalue weighted by molar-refractivity contribution is 7.80. The van der Waals surface area contributed by atoms with E-state index in [0.717, 1.165) is 12.8 Å². The lowest BCUT2D eigenvalue weighted by atomic mass is 10.1. The molecule has 0 bridgehead atoms. The van der Waals surface area contributed by atoms with E-state index in [1.165, 1.54) is 5.56 Å². The fourth-order valence-electron chi connectivity index (χ4n) is 1.80. The number of thiocarbonyl (C=S) groups is 1. The van der Waals surface area contributed by atoms with Crippen LogP contribution in [-0.4, -0.2) is 28.9 Å². The second-order valence-electron chi connectivity index (χ2n) is 4.27. The van der Waals surface area contributed by atoms with Gasteiger partial charge >= 0.3 is 0 Å². The fourth-order valence-corrected chi connectivity index (χ4v) is 1.96. The molecule has 18 heavy (non-hydrogen) atoms. The largest absolute Gasteiger partial charge is 0.392 e. The van der Waals surface area contributed by atoms with E-state index >= 15 is 0 Å². The van der Waals surface area contributed by atoms with Gasteiger partial charge in [0, 0.05) is 13.0 Å². The number of nitrogens with zero attached hydrogens (tertiary/aromatic N) is 1. The quantitative estimate of drug-likeness (QED) is 0.768. The van der Waals surface area contributed by atoms with Crippen LogP contribution < -0.4 is 5.73 Å². The molecule has 0 saturated heterocycles. The van der Waals surface area contributed by atoms with Crippen molar-refractivity contribution in [3.8, 4) is 0 Å². The van der Waals surface area contributed by atoms with Crippen LogP contribution in [-0.2, 0) is 11.2 Å². The lowest BCUT2D eigenvalue weighted by molar-refractivity contribution is -0.130. The van der Waals surface area contributed by atoms with Crippen molar-refractivity contribution in [2.45, 2.75) is 26.2 Å². The van der Waals surface area contributed by atoms with E-state index in [1.807, 2.05) is 37.3 Å². The second-order valence-corrected chi connectivity index (χ2v) is 4.79. The molecule has 0 spiro atoms. The Hall–Kier alpha value is -1.42. The molecule has 1 amide bonds. The Balaban J connectivity index is 2.48. The SMILES string of the molecule is CCCN(CC(N)=S)C(=O)CCc1ccccc1. The Morgan fingerprint density at radius 3 is 2.56 bits per heavy atom. The summed E-state index contributed by atoms with van der Waals surface area (Å²) in [6.07, 6.45) is 2.18. The van der Waals surface area contributed by atoms with Crippen molar-refractivity contribution in [3.05, 3.63) is 35.9 Å². The standard InChI is InChI=1S/C14H20N2OS/c1-2-10-16(11-13(15)18)14(17)9-8-12-6-4-3-5-7-12/h3-7H,2,8-11H2,1H3,(H2,15,18). The van der Waals surface area contributed by atoms with Gasteiger partial charge in [0.1, 0.15) is 0 Å². The van der Waals surface area contributed by atoms with Gasteiger partial charge in [0.15, 0.2) is 0 Å². The van der Waals surface area contributed by atoms with E-state index < -0.39 is 0 Å². The van der Waals surface area contributed by atoms with Crippen LogP contribution in [0.3, 0.4) is 0 Å². The van der Waals surface area contributed by atoms with Gasteiger partial charge < -0.3 is 10.6 Å². The summed E-state index contributed by atoms with van der Waals surface area (Å²) in [5.41, 5.74) is 6.68. The summed E-state index contributed by atoms with van der Waals surface area (Å²) in [7, 11) is 0. The molecule has 0 heterocycles. The maximum absolute atomic E-state index is 12.1. The molecule has 2 N–H and O–H groups in total. The lowest BCUT2D eigenvalue weighted by Crippen LogP contribution is -2.38. The first-order chi connectivity index (χ1) is 8.63. The molecule has 0 saturated carbocycles. The predicted octanol–water partition coefficient (Wildman–Crippen LogP) is 2.14. The van der Waals surface area contributed by atoms with E-state index in [0.29, 0.717) is 24.5 Å². The van der Waals surface area contributed by atoms with Crippen molar-refractivity contribution in [2.24, 2.45) is 5.73 Å². The number of rotatable bonds is 7. The Bertz CT molecular complexity index is 392. The summed E-state index contributed by atoms with van der Waals surface area (Å²) < 4.78 is 0. The van der Waals surface area contributed by atoms with Gasteiger partial charge in [-0.15, -0.1) is 0 Å². The molecule has 0 atom stereocenters. The van der Waals surface area contributed by atoms with E-state index in [2.05, 4.69) is 0 Å². The summed E-state index contributed by atoms with van der Waals surface area (Å²) in [6, 6.07) is 10.0. The fraction of sp³-hybridized carbons (Fsp3) is 0.429. The van der Waals surface area contributed by atoms with Crippen LogP contribution >= 0.6 is 12.2 Å². The van der Waals surface area contributed by atoms with Gasteiger partial charge in [0.05, 0.1) is 11.5 Å². The van der Waals surface area contributed by atoms with Crippen LogP contribution in [0, 0.1) is 0 Å². The van der Waals surface area contributed by atoms with E-state index in [1.54, 1.807) is 4.90 Å². The third kappa shape index (κ3) is 5.27. The van der Waals surface area contributed by atoms with Gasteiger partial charge in [-0.1, -0.05) is 49.5 Å². The zero-order valence-electron chi connectivity index (χ0n) is 10.8. The number of aryl methyl sites for hydroxylation is 1. The summed E-state index contributed by atoms with van der Waals surface area (Å²) in [4.78, 5) is 14.2. The molecular formula is C14H20N2OS. The molecule has 0 unspecified atom stereocenters. The average Bonchev–Trinajstić information content (AvgIpc) is 2.36. The monoisotopic (exact) mass is 264 g/mol. The first-order valence-corrected chi connectivity index (χ1v) is 6.64. The van der Waals surface area contributed by atoms with Crippen molar-refractivity contribution in [1.82, 2.24) is 4.90 Å². The van der Waals surface area contributed by atoms with E-state index in [-0.39, 0.29) is 5.91 Å². The average molecular weight is 264 g/mol. The predicted molar refractivity (Wildman–Crippen MR) is 78.4 cm³/mol. The maximum Gasteiger partial charge on any atom is 0.223 e. The van der Waals surface area contributed by atoms with Crippen molar-refractivity contribution in [2.75, 3.05) is 13.1 Å². The molecule has 1 aromatic carbocycles. The van der Waals surface area contributed by atoms with Crippen molar-refractivity contribution < 1.29 is 4.79 Å². The van der Waals surface area contributed by atoms with Gasteiger partial charge in [0.2, 0.25) is 5.91 Å². The summed E-state index contributed by atoms with van der Waals surface area (Å²) in [6.45, 7) is 3.14. The zero-order valence-corrected chi connectivity index (χ0v) is 11.6. The van der Waals surface area contributed by atoms with Gasteiger partial charge in [-0.2, -0.15) is 0 Å². The lowest BCUT2D eigenvalue weighted by Gasteiger charge is -2.21. The number of carbonyl (C=O) groups excluding carboxylic acids is 1. The van der Waals surface area contributed by atoms with Crippen LogP contribution in [0.4, 0.5) is 0 Å². The molecule has 0 radical (unpaired) electrons. The number of nitrogens with two attached hydrogens (primary N) is 1. The molecule has 0 aliphatic rings. The number of carbonyl (C=O) groups is 1. The van der Waals surface area contributed by atoms with Crippen molar-refractivity contribution in [3.63, 3.8) is 0 Å². The third-order valence-electron chi connectivity index (χ3n) is 2.66. The Morgan fingerprint density at radius 1 is 1.33 bits per heavy atom. The zero-order chi connectivity index (χ0) is 13.4. The first-order valence-electron chi connectivity index (χ1n) is 6.23. The van der Waals surface area contributed by atoms with Crippen LogP contribution in [0.2, 0.25) is 0 Å². The van der Waals surface area contributed by atoms with Crippen LogP contribution in [0.15, 0.2) is 30.3 Å². The molecule has 98 valence electrons. The van der Waals surface area contributed by atoms with Crippen LogP contribution in [0.25, 0.3) is 0 Å². The Morgan fingerprint density at radius 2 is 2.00 bits per heavy atom. The summed E-state index contributed by atoms with van der Waals surface area (Å²) in [5, 5.41) is 0. The second kappa shape index (κ2) is 7.82. The highest BCUT2D eigenvalue weighted by atomic mass is 32.1. The normalized spacial score (nSPS) is 10.1.